The van der Waals surface area contributed by atoms with Crippen LogP contribution in [0.3, 0.4) is 0 Å². The summed E-state index contributed by atoms with van der Waals surface area (Å²) in [6.45, 7) is 9.54. The minimum atomic E-state index is -6.09. The first-order valence-corrected chi connectivity index (χ1v) is 9.61. The van der Waals surface area contributed by atoms with Crippen LogP contribution in [0, 0.1) is 11.8 Å². The summed E-state index contributed by atoms with van der Waals surface area (Å²) in [5.74, 6) is 1.81. The topological polar surface area (TPSA) is 57.2 Å². The molecule has 1 rings (SSSR count). The van der Waals surface area contributed by atoms with Crippen molar-refractivity contribution < 1.29 is 26.1 Å². The molecule has 0 unspecified atom stereocenters. The van der Waals surface area contributed by atoms with Crippen LogP contribution in [0.25, 0.3) is 0 Å². The first kappa shape index (κ1) is 20.1. The smallest absolute Gasteiger partial charge is 0.485 e. The van der Waals surface area contributed by atoms with Gasteiger partial charge in [-0.15, -0.1) is 0 Å². The lowest BCUT2D eigenvalue weighted by molar-refractivity contribution is -0.0517. The van der Waals surface area contributed by atoms with Gasteiger partial charge in [0.25, 0.3) is 0 Å². The van der Waals surface area contributed by atoms with E-state index in [-0.39, 0.29) is 0 Å². The molecule has 0 radical (unpaired) electrons. The molecule has 20 heavy (non-hydrogen) atoms. The van der Waals surface area contributed by atoms with Crippen LogP contribution in [0.5, 0.6) is 0 Å². The molecule has 1 fully saturated rings. The fourth-order valence-corrected chi connectivity index (χ4v) is 5.63. The predicted molar refractivity (Wildman–Crippen MR) is 75.5 cm³/mol. The van der Waals surface area contributed by atoms with Crippen molar-refractivity contribution in [3.63, 3.8) is 0 Å². The zero-order valence-corrected chi connectivity index (χ0v) is 14.0. The second-order valence-electron chi connectivity index (χ2n) is 5.65. The molecule has 0 spiro atoms. The molecule has 1 saturated heterocycles. The molecule has 1 heterocycles. The lowest BCUT2D eigenvalue weighted by Gasteiger charge is -2.17. The molecule has 0 amide bonds. The highest BCUT2D eigenvalue weighted by atomic mass is 32.2. The number of hydrogen-bond donors (Lipinski definition) is 0. The number of halogens is 3. The van der Waals surface area contributed by atoms with Crippen LogP contribution in [0.4, 0.5) is 13.2 Å². The molecule has 0 aromatic heterocycles. The van der Waals surface area contributed by atoms with E-state index in [1.807, 2.05) is 0 Å². The van der Waals surface area contributed by atoms with E-state index in [1.165, 1.54) is 12.8 Å². The van der Waals surface area contributed by atoms with Crippen LogP contribution >= 0.6 is 0 Å². The van der Waals surface area contributed by atoms with Gasteiger partial charge in [0.15, 0.2) is 10.1 Å². The zero-order chi connectivity index (χ0) is 16.3. The summed E-state index contributed by atoms with van der Waals surface area (Å²) in [5.41, 5.74) is -5.65. The van der Waals surface area contributed by atoms with Gasteiger partial charge < -0.3 is 4.55 Å². The molecule has 1 aliphatic rings. The van der Waals surface area contributed by atoms with Crippen molar-refractivity contribution in [3.05, 3.63) is 0 Å². The molecule has 122 valence electrons. The molecule has 0 aliphatic carbocycles. The maximum atomic E-state index is 10.7. The Morgan fingerprint density at radius 3 is 1.40 bits per heavy atom. The van der Waals surface area contributed by atoms with E-state index >= 15 is 0 Å². The Hall–Kier alpha value is 0.0500. The van der Waals surface area contributed by atoms with Crippen molar-refractivity contribution in [1.82, 2.24) is 0 Å². The second-order valence-corrected chi connectivity index (χ2v) is 9.45. The van der Waals surface area contributed by atoms with Crippen LogP contribution in [0.2, 0.25) is 0 Å². The fraction of sp³-hybridized carbons (Fsp3) is 1.00. The monoisotopic (exact) mass is 336 g/mol. The fourth-order valence-electron chi connectivity index (χ4n) is 2.45. The molecule has 3 nitrogen and oxygen atoms in total. The van der Waals surface area contributed by atoms with Crippen molar-refractivity contribution in [2.45, 2.75) is 56.5 Å². The Morgan fingerprint density at radius 1 is 1.05 bits per heavy atom. The summed E-state index contributed by atoms with van der Waals surface area (Å²) in [7, 11) is -5.40. The third-order valence-corrected chi connectivity index (χ3v) is 7.50. The lowest BCUT2D eigenvalue weighted by Crippen LogP contribution is -2.29. The highest BCUT2D eigenvalue weighted by Crippen LogP contribution is 2.35. The standard InChI is InChI=1S/C11H23S.CHF3O3S/c1-8(2)10-6-7-11(9(3)4)12(10)5;2-1(3,4)8(5,6)7/h8-11H,6-7H2,1-5H3;(H,5,6,7)/q+1;/p-1/t10-,11-;/m1./s1. The van der Waals surface area contributed by atoms with Gasteiger partial charge in [0.1, 0.15) is 10.5 Å². The average Bonchev–Trinajstić information content (AvgIpc) is 2.57. The van der Waals surface area contributed by atoms with Gasteiger partial charge in [0, 0.05) is 11.8 Å². The summed E-state index contributed by atoms with van der Waals surface area (Å²) in [6.07, 6.45) is 5.46. The molecular formula is C12H23F3O3S2. The normalized spacial score (nSPS) is 24.9. The third-order valence-electron chi connectivity index (χ3n) is 3.46. The van der Waals surface area contributed by atoms with Gasteiger partial charge in [-0.25, -0.2) is 8.42 Å². The summed E-state index contributed by atoms with van der Waals surface area (Å²) in [6, 6.07) is 0. The van der Waals surface area contributed by atoms with Gasteiger partial charge in [-0.3, -0.25) is 0 Å². The zero-order valence-electron chi connectivity index (χ0n) is 12.4. The predicted octanol–water partition coefficient (Wildman–Crippen LogP) is 3.13. The molecule has 0 N–H and O–H groups in total. The lowest BCUT2D eigenvalue weighted by atomic mass is 10.0. The van der Waals surface area contributed by atoms with E-state index in [4.69, 9.17) is 13.0 Å². The summed E-state index contributed by atoms with van der Waals surface area (Å²) < 4.78 is 58.9. The van der Waals surface area contributed by atoms with Crippen LogP contribution < -0.4 is 0 Å². The quantitative estimate of drug-likeness (QED) is 0.442. The molecule has 2 atom stereocenters. The van der Waals surface area contributed by atoms with Gasteiger partial charge in [-0.05, 0) is 23.7 Å². The van der Waals surface area contributed by atoms with Crippen LogP contribution in [0.1, 0.15) is 40.5 Å². The molecule has 1 aliphatic heterocycles. The first-order valence-electron chi connectivity index (χ1n) is 6.44. The van der Waals surface area contributed by atoms with Gasteiger partial charge in [-0.1, -0.05) is 27.7 Å². The van der Waals surface area contributed by atoms with Gasteiger partial charge in [-0.2, -0.15) is 13.2 Å². The van der Waals surface area contributed by atoms with Crippen molar-refractivity contribution in [2.75, 3.05) is 6.26 Å². The van der Waals surface area contributed by atoms with Crippen LogP contribution in [-0.4, -0.2) is 35.2 Å². The second kappa shape index (κ2) is 7.35. The van der Waals surface area contributed by atoms with Crippen molar-refractivity contribution in [1.29, 1.82) is 0 Å². The number of alkyl halides is 3. The first-order chi connectivity index (χ1) is 8.79. The Kier molecular flexibility index (Phi) is 7.37. The van der Waals surface area contributed by atoms with Crippen molar-refractivity contribution in [3.8, 4) is 0 Å². The molecule has 0 saturated carbocycles. The highest BCUT2D eigenvalue weighted by molar-refractivity contribution is 7.97. The van der Waals surface area contributed by atoms with E-state index < -0.39 is 15.6 Å². The van der Waals surface area contributed by atoms with E-state index in [0.29, 0.717) is 10.9 Å². The molecule has 0 bridgehead atoms. The van der Waals surface area contributed by atoms with E-state index in [2.05, 4.69) is 34.0 Å². The number of hydrogen-bond acceptors (Lipinski definition) is 3. The highest BCUT2D eigenvalue weighted by Gasteiger charge is 2.44. The maximum absolute atomic E-state index is 10.7. The minimum Gasteiger partial charge on any atom is -0.741 e. The molecule has 0 aromatic carbocycles. The van der Waals surface area contributed by atoms with Crippen LogP contribution in [-0.2, 0) is 21.0 Å². The van der Waals surface area contributed by atoms with Gasteiger partial charge >= 0.3 is 5.51 Å². The van der Waals surface area contributed by atoms with Crippen molar-refractivity contribution >= 4 is 21.0 Å². The Morgan fingerprint density at radius 2 is 1.30 bits per heavy atom. The summed E-state index contributed by atoms with van der Waals surface area (Å²) >= 11 is 0. The van der Waals surface area contributed by atoms with Gasteiger partial charge in [0.05, 0.1) is 6.26 Å². The molecule has 8 heteroatoms. The van der Waals surface area contributed by atoms with E-state index in [1.54, 1.807) is 0 Å². The largest absolute Gasteiger partial charge is 0.741 e. The van der Waals surface area contributed by atoms with E-state index in [0.717, 1.165) is 22.3 Å². The molecular weight excluding hydrogens is 313 g/mol. The van der Waals surface area contributed by atoms with Crippen LogP contribution in [0.15, 0.2) is 0 Å². The Labute approximate surface area is 122 Å². The van der Waals surface area contributed by atoms with Gasteiger partial charge in [0.2, 0.25) is 0 Å². The van der Waals surface area contributed by atoms with E-state index in [9.17, 15) is 13.2 Å². The minimum absolute atomic E-state index is 0.691. The Balaban J connectivity index is 0.000000396. The summed E-state index contributed by atoms with van der Waals surface area (Å²) in [5, 5.41) is 2.05. The number of rotatable bonds is 2. The average molecular weight is 336 g/mol. The third kappa shape index (κ3) is 5.81. The maximum Gasteiger partial charge on any atom is 0.485 e. The SMILES string of the molecule is CC(C)[C@H]1CC[C@H](C(C)C)[S+]1C.O=S(=O)([O-])C(F)(F)F. The summed E-state index contributed by atoms with van der Waals surface area (Å²) in [4.78, 5) is 0. The van der Waals surface area contributed by atoms with Crippen molar-refractivity contribution in [2.24, 2.45) is 11.8 Å². The Bertz CT molecular complexity index is 375. The molecule has 0 aromatic rings.